The van der Waals surface area contributed by atoms with Crippen molar-refractivity contribution in [2.75, 3.05) is 12.3 Å². The second-order valence-corrected chi connectivity index (χ2v) is 2.71. The number of allylic oxidation sites excluding steroid dienone is 1. The minimum atomic E-state index is 0.623. The van der Waals surface area contributed by atoms with Crippen LogP contribution in [0.15, 0.2) is 31.0 Å². The summed E-state index contributed by atoms with van der Waals surface area (Å²) in [6.45, 7) is 4.30. The van der Waals surface area contributed by atoms with Crippen molar-refractivity contribution in [3.05, 3.63) is 31.0 Å². The van der Waals surface area contributed by atoms with E-state index in [1.165, 1.54) is 0 Å². The van der Waals surface area contributed by atoms with Crippen LogP contribution in [0.5, 0.6) is 5.88 Å². The van der Waals surface area contributed by atoms with Crippen molar-refractivity contribution in [1.82, 2.24) is 4.98 Å². The maximum Gasteiger partial charge on any atom is 0.213 e. The van der Waals surface area contributed by atoms with Crippen molar-refractivity contribution >= 4 is 5.69 Å². The number of nitrogen functional groups attached to an aromatic ring is 1. The van der Waals surface area contributed by atoms with Crippen molar-refractivity contribution < 1.29 is 4.74 Å². The molecule has 1 aromatic heterocycles. The lowest BCUT2D eigenvalue weighted by Gasteiger charge is -2.03. The van der Waals surface area contributed by atoms with E-state index in [1.54, 1.807) is 18.3 Å². The predicted octanol–water partition coefficient (Wildman–Crippen LogP) is 2.01. The van der Waals surface area contributed by atoms with Gasteiger partial charge in [0.2, 0.25) is 5.88 Å². The Morgan fingerprint density at radius 1 is 1.54 bits per heavy atom. The molecule has 1 rings (SSSR count). The molecule has 13 heavy (non-hydrogen) atoms. The van der Waals surface area contributed by atoms with Gasteiger partial charge >= 0.3 is 0 Å². The van der Waals surface area contributed by atoms with E-state index in [0.29, 0.717) is 18.2 Å². The normalized spacial score (nSPS) is 9.54. The van der Waals surface area contributed by atoms with Crippen LogP contribution in [0.1, 0.15) is 12.8 Å². The molecule has 0 bridgehead atoms. The number of pyridine rings is 1. The molecular formula is C10H14N2O. The van der Waals surface area contributed by atoms with Crippen LogP contribution in [-0.4, -0.2) is 11.6 Å². The molecule has 0 amide bonds. The first-order chi connectivity index (χ1) is 6.33. The largest absolute Gasteiger partial charge is 0.478 e. The van der Waals surface area contributed by atoms with Crippen molar-refractivity contribution in [1.29, 1.82) is 0 Å². The summed E-state index contributed by atoms with van der Waals surface area (Å²) in [7, 11) is 0. The maximum atomic E-state index is 5.47. The summed E-state index contributed by atoms with van der Waals surface area (Å²) < 4.78 is 5.35. The molecule has 0 fully saturated rings. The fourth-order valence-corrected chi connectivity index (χ4v) is 0.882. The summed E-state index contributed by atoms with van der Waals surface area (Å²) in [6.07, 6.45) is 5.40. The van der Waals surface area contributed by atoms with Crippen molar-refractivity contribution in [2.24, 2.45) is 0 Å². The maximum absolute atomic E-state index is 5.47. The van der Waals surface area contributed by atoms with Gasteiger partial charge in [-0.1, -0.05) is 6.08 Å². The lowest BCUT2D eigenvalue weighted by atomic mass is 10.3. The number of anilines is 1. The van der Waals surface area contributed by atoms with Gasteiger partial charge in [0.15, 0.2) is 0 Å². The van der Waals surface area contributed by atoms with Gasteiger partial charge in [-0.25, -0.2) is 4.98 Å². The second kappa shape index (κ2) is 5.19. The van der Waals surface area contributed by atoms with Gasteiger partial charge in [-0.05, 0) is 18.9 Å². The quantitative estimate of drug-likeness (QED) is 0.554. The molecule has 0 aliphatic rings. The summed E-state index contributed by atoms with van der Waals surface area (Å²) in [6, 6.07) is 3.54. The van der Waals surface area contributed by atoms with E-state index >= 15 is 0 Å². The highest BCUT2D eigenvalue weighted by Crippen LogP contribution is 2.08. The number of unbranched alkanes of at least 4 members (excludes halogenated alkanes) is 1. The molecule has 0 aromatic carbocycles. The van der Waals surface area contributed by atoms with Crippen molar-refractivity contribution in [3.63, 3.8) is 0 Å². The standard InChI is InChI=1S/C10H14N2O/c1-2-3-4-7-13-10-6-5-9(11)8-12-10/h2,5-6,8H,1,3-4,7,11H2. The smallest absolute Gasteiger partial charge is 0.213 e. The number of rotatable bonds is 5. The average molecular weight is 178 g/mol. The predicted molar refractivity (Wildman–Crippen MR) is 53.6 cm³/mol. The summed E-state index contributed by atoms with van der Waals surface area (Å²) in [4.78, 5) is 4.00. The first-order valence-corrected chi connectivity index (χ1v) is 4.28. The van der Waals surface area contributed by atoms with E-state index in [-0.39, 0.29) is 0 Å². The Morgan fingerprint density at radius 2 is 2.38 bits per heavy atom. The third kappa shape index (κ3) is 3.60. The zero-order valence-electron chi connectivity index (χ0n) is 7.57. The average Bonchev–Trinajstić information content (AvgIpc) is 2.15. The highest BCUT2D eigenvalue weighted by Gasteiger charge is 1.93. The van der Waals surface area contributed by atoms with E-state index in [1.807, 2.05) is 6.08 Å². The van der Waals surface area contributed by atoms with E-state index in [0.717, 1.165) is 12.8 Å². The molecule has 0 aliphatic heterocycles. The Balaban J connectivity index is 2.28. The van der Waals surface area contributed by atoms with Gasteiger partial charge < -0.3 is 10.5 Å². The molecule has 1 heterocycles. The Bertz CT molecular complexity index is 256. The van der Waals surface area contributed by atoms with E-state index in [2.05, 4.69) is 11.6 Å². The molecule has 3 nitrogen and oxygen atoms in total. The van der Waals surface area contributed by atoms with Crippen molar-refractivity contribution in [3.8, 4) is 5.88 Å². The van der Waals surface area contributed by atoms with Gasteiger partial charge in [-0.2, -0.15) is 0 Å². The zero-order chi connectivity index (χ0) is 9.52. The molecule has 0 radical (unpaired) electrons. The summed E-state index contributed by atoms with van der Waals surface area (Å²) in [5.41, 5.74) is 6.12. The molecule has 0 saturated heterocycles. The molecule has 0 unspecified atom stereocenters. The number of nitrogens with zero attached hydrogens (tertiary/aromatic N) is 1. The number of nitrogens with two attached hydrogens (primary N) is 1. The molecule has 1 aromatic rings. The lowest BCUT2D eigenvalue weighted by molar-refractivity contribution is 0.300. The first kappa shape index (κ1) is 9.58. The van der Waals surface area contributed by atoms with E-state index < -0.39 is 0 Å². The van der Waals surface area contributed by atoms with E-state index in [4.69, 9.17) is 10.5 Å². The Kier molecular flexibility index (Phi) is 3.82. The number of hydrogen-bond donors (Lipinski definition) is 1. The second-order valence-electron chi connectivity index (χ2n) is 2.71. The van der Waals surface area contributed by atoms with Gasteiger partial charge in [0.05, 0.1) is 18.5 Å². The third-order valence-corrected chi connectivity index (χ3v) is 1.56. The van der Waals surface area contributed by atoms with Crippen molar-refractivity contribution in [2.45, 2.75) is 12.8 Å². The molecule has 0 saturated carbocycles. The molecule has 3 heteroatoms. The number of ether oxygens (including phenoxy) is 1. The molecule has 0 spiro atoms. The first-order valence-electron chi connectivity index (χ1n) is 4.28. The van der Waals surface area contributed by atoms with Gasteiger partial charge in [-0.15, -0.1) is 6.58 Å². The number of aromatic nitrogens is 1. The van der Waals surface area contributed by atoms with Crippen LogP contribution in [0.25, 0.3) is 0 Å². The highest BCUT2D eigenvalue weighted by molar-refractivity contribution is 5.35. The molecule has 0 aliphatic carbocycles. The molecule has 70 valence electrons. The van der Waals surface area contributed by atoms with Crippen LogP contribution in [-0.2, 0) is 0 Å². The molecule has 2 N–H and O–H groups in total. The van der Waals surface area contributed by atoms with Crippen LogP contribution in [0.3, 0.4) is 0 Å². The van der Waals surface area contributed by atoms with Crippen LogP contribution in [0.4, 0.5) is 5.69 Å². The zero-order valence-corrected chi connectivity index (χ0v) is 7.57. The van der Waals surface area contributed by atoms with Crippen LogP contribution in [0.2, 0.25) is 0 Å². The summed E-state index contributed by atoms with van der Waals surface area (Å²) in [5.74, 6) is 0.623. The monoisotopic (exact) mass is 178 g/mol. The topological polar surface area (TPSA) is 48.1 Å². The summed E-state index contributed by atoms with van der Waals surface area (Å²) in [5, 5.41) is 0. The third-order valence-electron chi connectivity index (χ3n) is 1.56. The Hall–Kier alpha value is -1.51. The Morgan fingerprint density at radius 3 is 3.00 bits per heavy atom. The van der Waals surface area contributed by atoms with Crippen LogP contribution in [0, 0.1) is 0 Å². The lowest BCUT2D eigenvalue weighted by Crippen LogP contribution is -1.98. The fourth-order valence-electron chi connectivity index (χ4n) is 0.882. The number of hydrogen-bond acceptors (Lipinski definition) is 3. The minimum Gasteiger partial charge on any atom is -0.478 e. The highest BCUT2D eigenvalue weighted by atomic mass is 16.5. The minimum absolute atomic E-state index is 0.623. The SMILES string of the molecule is C=CCCCOc1ccc(N)cn1. The Labute approximate surface area is 78.2 Å². The summed E-state index contributed by atoms with van der Waals surface area (Å²) >= 11 is 0. The van der Waals surface area contributed by atoms with Crippen LogP contribution >= 0.6 is 0 Å². The van der Waals surface area contributed by atoms with Gasteiger partial charge in [0, 0.05) is 6.07 Å². The molecule has 0 atom stereocenters. The van der Waals surface area contributed by atoms with Crippen LogP contribution < -0.4 is 10.5 Å². The van der Waals surface area contributed by atoms with E-state index in [9.17, 15) is 0 Å². The van der Waals surface area contributed by atoms with Gasteiger partial charge in [0.1, 0.15) is 0 Å². The fraction of sp³-hybridized carbons (Fsp3) is 0.300. The van der Waals surface area contributed by atoms with Gasteiger partial charge in [0.25, 0.3) is 0 Å². The molecular weight excluding hydrogens is 164 g/mol. The van der Waals surface area contributed by atoms with Gasteiger partial charge in [-0.3, -0.25) is 0 Å².